The lowest BCUT2D eigenvalue weighted by Gasteiger charge is -2.04. The Hall–Kier alpha value is -1.44. The van der Waals surface area contributed by atoms with Crippen LogP contribution in [0.5, 0.6) is 0 Å². The Labute approximate surface area is 78.0 Å². The minimum Gasteiger partial charge on any atom is -0.399 e. The highest BCUT2D eigenvalue weighted by Crippen LogP contribution is 2.20. The number of hydrogen-bond donors (Lipinski definition) is 1. The van der Waals surface area contributed by atoms with Crippen molar-refractivity contribution < 1.29 is 0 Å². The van der Waals surface area contributed by atoms with Crippen LogP contribution in [0, 0.1) is 0 Å². The number of fused-ring (bicyclic) bond motifs is 1. The van der Waals surface area contributed by atoms with Gasteiger partial charge in [0.15, 0.2) is 0 Å². The molecule has 0 amide bonds. The third-order valence-corrected chi connectivity index (χ3v) is 2.28. The second kappa shape index (κ2) is 2.80. The molecule has 0 saturated carbocycles. The number of nitrogens with two attached hydrogens (primary N) is 1. The van der Waals surface area contributed by atoms with Crippen LogP contribution in [0.4, 0.5) is 5.69 Å². The Balaban J connectivity index is 2.62. The molecule has 13 heavy (non-hydrogen) atoms. The Morgan fingerprint density at radius 2 is 1.85 bits per heavy atom. The van der Waals surface area contributed by atoms with E-state index in [1.165, 1.54) is 10.8 Å². The van der Waals surface area contributed by atoms with Crippen molar-refractivity contribution in [1.29, 1.82) is 0 Å². The first-order valence-corrected chi connectivity index (χ1v) is 4.53. The fourth-order valence-corrected chi connectivity index (χ4v) is 1.48. The number of rotatable bonds is 1. The largest absolute Gasteiger partial charge is 0.399 e. The molecule has 0 radical (unpaired) electrons. The first-order chi connectivity index (χ1) is 6.16. The van der Waals surface area contributed by atoms with Gasteiger partial charge in [-0.15, -0.1) is 0 Å². The summed E-state index contributed by atoms with van der Waals surface area (Å²) in [4.78, 5) is 0. The highest BCUT2D eigenvalue weighted by atomic mass is 15.0. The van der Waals surface area contributed by atoms with Gasteiger partial charge in [0.2, 0.25) is 0 Å². The van der Waals surface area contributed by atoms with Crippen LogP contribution in [0.15, 0.2) is 30.6 Å². The van der Waals surface area contributed by atoms with Crippen molar-refractivity contribution in [1.82, 2.24) is 4.57 Å². The number of nitrogens with zero attached hydrogens (tertiary/aromatic N) is 1. The quantitative estimate of drug-likeness (QED) is 0.662. The molecule has 0 aliphatic heterocycles. The third-order valence-electron chi connectivity index (χ3n) is 2.28. The number of hydrogen-bond acceptors (Lipinski definition) is 1. The molecule has 68 valence electrons. The van der Waals surface area contributed by atoms with Crippen LogP contribution in [0.2, 0.25) is 0 Å². The summed E-state index contributed by atoms with van der Waals surface area (Å²) in [5.41, 5.74) is 6.53. The van der Waals surface area contributed by atoms with E-state index in [0.717, 1.165) is 5.69 Å². The summed E-state index contributed by atoms with van der Waals surface area (Å²) in [6.07, 6.45) is 4.29. The molecule has 0 atom stereocenters. The molecule has 1 aromatic carbocycles. The van der Waals surface area contributed by atoms with Gasteiger partial charge in [0.05, 0.1) is 0 Å². The molecule has 0 spiro atoms. The van der Waals surface area contributed by atoms with Crippen molar-refractivity contribution >= 4 is 16.5 Å². The summed E-state index contributed by atoms with van der Waals surface area (Å²) in [7, 11) is 0. The summed E-state index contributed by atoms with van der Waals surface area (Å²) in [5.74, 6) is 0. The van der Waals surface area contributed by atoms with Gasteiger partial charge in [0, 0.05) is 29.5 Å². The molecule has 0 saturated heterocycles. The molecule has 2 rings (SSSR count). The lowest BCUT2D eigenvalue weighted by atomic mass is 10.2. The Kier molecular flexibility index (Phi) is 1.76. The maximum atomic E-state index is 5.70. The molecule has 1 heterocycles. The van der Waals surface area contributed by atoms with Crippen LogP contribution in [-0.2, 0) is 0 Å². The summed E-state index contributed by atoms with van der Waals surface area (Å²) in [6.45, 7) is 4.34. The second-order valence-electron chi connectivity index (χ2n) is 3.69. The first-order valence-electron chi connectivity index (χ1n) is 4.53. The fourth-order valence-electron chi connectivity index (χ4n) is 1.48. The molecule has 1 aromatic heterocycles. The van der Waals surface area contributed by atoms with E-state index in [2.05, 4.69) is 36.9 Å². The van der Waals surface area contributed by atoms with Gasteiger partial charge in [-0.25, -0.2) is 0 Å². The Bertz CT molecular complexity index is 427. The maximum absolute atomic E-state index is 5.70. The molecule has 0 aliphatic rings. The topological polar surface area (TPSA) is 30.9 Å². The molecule has 0 aliphatic carbocycles. The molecule has 0 unspecified atom stereocenters. The second-order valence-corrected chi connectivity index (χ2v) is 3.69. The average Bonchev–Trinajstić information content (AvgIpc) is 2.46. The predicted molar refractivity (Wildman–Crippen MR) is 56.7 cm³/mol. The van der Waals surface area contributed by atoms with Gasteiger partial charge in [-0.2, -0.15) is 0 Å². The third kappa shape index (κ3) is 1.39. The molecule has 0 fully saturated rings. The SMILES string of the molecule is CC(C)n1cc2ccc(N)cc2c1. The first kappa shape index (κ1) is 8.17. The zero-order valence-electron chi connectivity index (χ0n) is 7.99. The van der Waals surface area contributed by atoms with Crippen molar-refractivity contribution in [2.45, 2.75) is 19.9 Å². The van der Waals surface area contributed by atoms with E-state index >= 15 is 0 Å². The number of nitrogen functional groups attached to an aromatic ring is 1. The number of anilines is 1. The van der Waals surface area contributed by atoms with Gasteiger partial charge >= 0.3 is 0 Å². The molecule has 2 nitrogen and oxygen atoms in total. The van der Waals surface area contributed by atoms with Crippen LogP contribution in [-0.4, -0.2) is 4.57 Å². The van der Waals surface area contributed by atoms with Crippen LogP contribution in [0.1, 0.15) is 19.9 Å². The van der Waals surface area contributed by atoms with Gasteiger partial charge in [0.25, 0.3) is 0 Å². The molecular formula is C11H14N2. The van der Waals surface area contributed by atoms with Crippen LogP contribution in [0.3, 0.4) is 0 Å². The lowest BCUT2D eigenvalue weighted by Crippen LogP contribution is -1.94. The van der Waals surface area contributed by atoms with Crippen LogP contribution in [0.25, 0.3) is 10.8 Å². The van der Waals surface area contributed by atoms with Crippen molar-refractivity contribution in [3.63, 3.8) is 0 Å². The predicted octanol–water partition coefficient (Wildman–Crippen LogP) is 2.80. The van der Waals surface area contributed by atoms with E-state index < -0.39 is 0 Å². The van der Waals surface area contributed by atoms with E-state index in [-0.39, 0.29) is 0 Å². The van der Waals surface area contributed by atoms with E-state index in [4.69, 9.17) is 5.73 Å². The van der Waals surface area contributed by atoms with Crippen molar-refractivity contribution in [2.75, 3.05) is 5.73 Å². The molecule has 2 aromatic rings. The zero-order valence-corrected chi connectivity index (χ0v) is 7.99. The monoisotopic (exact) mass is 174 g/mol. The van der Waals surface area contributed by atoms with Crippen LogP contribution >= 0.6 is 0 Å². The van der Waals surface area contributed by atoms with Crippen molar-refractivity contribution in [2.24, 2.45) is 0 Å². The minimum atomic E-state index is 0.508. The van der Waals surface area contributed by atoms with Crippen molar-refractivity contribution in [3.8, 4) is 0 Å². The lowest BCUT2D eigenvalue weighted by molar-refractivity contribution is 0.606. The van der Waals surface area contributed by atoms with E-state index in [1.807, 2.05) is 12.1 Å². The van der Waals surface area contributed by atoms with E-state index in [9.17, 15) is 0 Å². The van der Waals surface area contributed by atoms with Gasteiger partial charge in [-0.3, -0.25) is 0 Å². The standard InChI is InChI=1S/C11H14N2/c1-8(2)13-6-9-3-4-11(12)5-10(9)7-13/h3-8H,12H2,1-2H3. The summed E-state index contributed by atoms with van der Waals surface area (Å²) < 4.78 is 2.20. The normalized spacial score (nSPS) is 11.3. The van der Waals surface area contributed by atoms with E-state index in [1.54, 1.807) is 0 Å². The highest BCUT2D eigenvalue weighted by molar-refractivity contribution is 5.85. The number of benzene rings is 1. The van der Waals surface area contributed by atoms with Gasteiger partial charge < -0.3 is 10.3 Å². The van der Waals surface area contributed by atoms with Gasteiger partial charge in [0.1, 0.15) is 0 Å². The molecule has 0 bridgehead atoms. The van der Waals surface area contributed by atoms with Crippen LogP contribution < -0.4 is 5.73 Å². The summed E-state index contributed by atoms with van der Waals surface area (Å²) in [6, 6.07) is 6.51. The van der Waals surface area contributed by atoms with E-state index in [0.29, 0.717) is 6.04 Å². The summed E-state index contributed by atoms with van der Waals surface area (Å²) in [5, 5.41) is 2.47. The van der Waals surface area contributed by atoms with Crippen molar-refractivity contribution in [3.05, 3.63) is 30.6 Å². The average molecular weight is 174 g/mol. The van der Waals surface area contributed by atoms with Gasteiger partial charge in [-0.05, 0) is 31.4 Å². The minimum absolute atomic E-state index is 0.508. The smallest absolute Gasteiger partial charge is 0.0320 e. The maximum Gasteiger partial charge on any atom is 0.0320 e. The number of aromatic nitrogens is 1. The molecule has 2 heteroatoms. The molecular weight excluding hydrogens is 160 g/mol. The zero-order chi connectivity index (χ0) is 9.42. The Morgan fingerprint density at radius 3 is 2.54 bits per heavy atom. The Morgan fingerprint density at radius 1 is 1.15 bits per heavy atom. The molecule has 2 N–H and O–H groups in total. The van der Waals surface area contributed by atoms with Gasteiger partial charge in [-0.1, -0.05) is 6.07 Å². The summed E-state index contributed by atoms with van der Waals surface area (Å²) >= 11 is 0. The highest BCUT2D eigenvalue weighted by Gasteiger charge is 2.00. The fraction of sp³-hybridized carbons (Fsp3) is 0.273.